The van der Waals surface area contributed by atoms with Crippen LogP contribution in [0.3, 0.4) is 0 Å². The van der Waals surface area contributed by atoms with E-state index in [4.69, 9.17) is 11.6 Å². The molecule has 2 rings (SSSR count). The summed E-state index contributed by atoms with van der Waals surface area (Å²) in [6, 6.07) is 15.1. The van der Waals surface area contributed by atoms with E-state index >= 15 is 0 Å². The van der Waals surface area contributed by atoms with E-state index in [0.717, 1.165) is 32.5 Å². The Bertz CT molecular complexity index is 586. The normalized spacial score (nSPS) is 12.4. The maximum atomic E-state index is 6.27. The van der Waals surface area contributed by atoms with Crippen LogP contribution < -0.4 is 5.32 Å². The van der Waals surface area contributed by atoms with Crippen molar-refractivity contribution in [2.24, 2.45) is 0 Å². The van der Waals surface area contributed by atoms with Gasteiger partial charge in [-0.2, -0.15) is 0 Å². The lowest BCUT2D eigenvalue weighted by molar-refractivity contribution is 0.529. The molecule has 0 saturated carbocycles. The van der Waals surface area contributed by atoms with Crippen molar-refractivity contribution in [2.45, 2.75) is 25.8 Å². The van der Waals surface area contributed by atoms with E-state index in [1.165, 1.54) is 11.1 Å². The van der Waals surface area contributed by atoms with Crippen LogP contribution in [0, 0.1) is 3.57 Å². The predicted molar refractivity (Wildman–Crippen MR) is 103 cm³/mol. The molecular weight excluding hydrogens is 460 g/mol. The van der Waals surface area contributed by atoms with Crippen molar-refractivity contribution in [2.75, 3.05) is 6.54 Å². The van der Waals surface area contributed by atoms with Crippen molar-refractivity contribution < 1.29 is 0 Å². The number of nitrogens with one attached hydrogen (secondary N) is 1. The molecule has 1 N–H and O–H groups in total. The highest BCUT2D eigenvalue weighted by atomic mass is 127. The van der Waals surface area contributed by atoms with Crippen molar-refractivity contribution in [1.82, 2.24) is 5.32 Å². The number of benzene rings is 2. The summed E-state index contributed by atoms with van der Waals surface area (Å²) in [4.78, 5) is 0. The van der Waals surface area contributed by atoms with Crippen molar-refractivity contribution >= 4 is 50.1 Å². The molecule has 0 fully saturated rings. The molecule has 0 aliphatic rings. The van der Waals surface area contributed by atoms with Crippen LogP contribution in [-0.2, 0) is 6.42 Å². The highest BCUT2D eigenvalue weighted by Crippen LogP contribution is 2.26. The van der Waals surface area contributed by atoms with Crippen LogP contribution >= 0.6 is 50.1 Å². The Balaban J connectivity index is 2.20. The molecule has 1 unspecified atom stereocenters. The van der Waals surface area contributed by atoms with Gasteiger partial charge >= 0.3 is 0 Å². The second kappa shape index (κ2) is 8.51. The lowest BCUT2D eigenvalue weighted by Gasteiger charge is -2.20. The summed E-state index contributed by atoms with van der Waals surface area (Å²) >= 11 is 12.0. The first-order chi connectivity index (χ1) is 10.1. The first-order valence-electron chi connectivity index (χ1n) is 7.03. The van der Waals surface area contributed by atoms with E-state index in [1.807, 2.05) is 0 Å². The van der Waals surface area contributed by atoms with E-state index in [2.05, 4.69) is 93.2 Å². The topological polar surface area (TPSA) is 12.0 Å². The first kappa shape index (κ1) is 17.3. The molecule has 0 aliphatic heterocycles. The van der Waals surface area contributed by atoms with Crippen LogP contribution in [0.2, 0.25) is 5.02 Å². The predicted octanol–water partition coefficient (Wildman–Crippen LogP) is 5.99. The molecule has 0 saturated heterocycles. The molecule has 1 nitrogen and oxygen atoms in total. The van der Waals surface area contributed by atoms with Gasteiger partial charge in [0.2, 0.25) is 0 Å². The van der Waals surface area contributed by atoms with Gasteiger partial charge in [0.15, 0.2) is 0 Å². The molecule has 4 heteroatoms. The molecule has 0 heterocycles. The van der Waals surface area contributed by atoms with Crippen LogP contribution in [-0.4, -0.2) is 6.54 Å². The van der Waals surface area contributed by atoms with Crippen LogP contribution in [0.1, 0.15) is 30.5 Å². The van der Waals surface area contributed by atoms with Gasteiger partial charge in [0.05, 0.1) is 5.02 Å². The minimum absolute atomic E-state index is 0.292. The van der Waals surface area contributed by atoms with E-state index in [1.54, 1.807) is 0 Å². The molecule has 2 aromatic rings. The second-order valence-electron chi connectivity index (χ2n) is 5.01. The molecule has 2 aromatic carbocycles. The van der Waals surface area contributed by atoms with Crippen LogP contribution in [0.4, 0.5) is 0 Å². The Morgan fingerprint density at radius 2 is 1.90 bits per heavy atom. The van der Waals surface area contributed by atoms with E-state index in [-0.39, 0.29) is 0 Å². The summed E-state index contributed by atoms with van der Waals surface area (Å²) in [5.74, 6) is 0. The maximum absolute atomic E-state index is 6.27. The number of hydrogen-bond donors (Lipinski definition) is 1. The van der Waals surface area contributed by atoms with Gasteiger partial charge in [-0.3, -0.25) is 0 Å². The third kappa shape index (κ3) is 5.23. The lowest BCUT2D eigenvalue weighted by atomic mass is 9.99. The highest BCUT2D eigenvalue weighted by Gasteiger charge is 2.13. The third-order valence-electron chi connectivity index (χ3n) is 3.34. The van der Waals surface area contributed by atoms with E-state index < -0.39 is 0 Å². The van der Waals surface area contributed by atoms with Crippen molar-refractivity contribution in [3.8, 4) is 0 Å². The van der Waals surface area contributed by atoms with Gasteiger partial charge in [-0.05, 0) is 77.4 Å². The number of halogens is 3. The molecule has 0 amide bonds. The minimum atomic E-state index is 0.292. The monoisotopic (exact) mass is 477 g/mol. The van der Waals surface area contributed by atoms with Crippen molar-refractivity contribution in [3.63, 3.8) is 0 Å². The lowest BCUT2D eigenvalue weighted by Crippen LogP contribution is -2.24. The van der Waals surface area contributed by atoms with E-state index in [0.29, 0.717) is 6.04 Å². The van der Waals surface area contributed by atoms with Gasteiger partial charge in [-0.25, -0.2) is 0 Å². The van der Waals surface area contributed by atoms with Crippen LogP contribution in [0.15, 0.2) is 46.9 Å². The summed E-state index contributed by atoms with van der Waals surface area (Å²) in [5, 5.41) is 4.45. The quantitative estimate of drug-likeness (QED) is 0.503. The average Bonchev–Trinajstić information content (AvgIpc) is 2.48. The van der Waals surface area contributed by atoms with Crippen LogP contribution in [0.5, 0.6) is 0 Å². The van der Waals surface area contributed by atoms with Crippen molar-refractivity contribution in [1.29, 1.82) is 0 Å². The Labute approximate surface area is 153 Å². The summed E-state index contributed by atoms with van der Waals surface area (Å²) < 4.78 is 2.21. The molecule has 0 aromatic heterocycles. The standard InChI is InChI=1S/C17H18BrClIN/c1-2-9-21-17(10-12-3-6-14(18)7-4-12)13-5-8-16(20)15(19)11-13/h3-8,11,17,21H,2,9-10H2,1H3. The molecule has 0 spiro atoms. The second-order valence-corrected chi connectivity index (χ2v) is 7.50. The zero-order valence-corrected chi connectivity index (χ0v) is 16.4. The fourth-order valence-electron chi connectivity index (χ4n) is 2.21. The van der Waals surface area contributed by atoms with Gasteiger partial charge in [-0.15, -0.1) is 0 Å². The molecule has 1 atom stereocenters. The van der Waals surface area contributed by atoms with Crippen molar-refractivity contribution in [3.05, 3.63) is 66.7 Å². The Kier molecular flexibility index (Phi) is 6.99. The van der Waals surface area contributed by atoms with E-state index in [9.17, 15) is 0 Å². The van der Waals surface area contributed by atoms with Gasteiger partial charge in [0, 0.05) is 14.1 Å². The first-order valence-corrected chi connectivity index (χ1v) is 9.28. The Morgan fingerprint density at radius 3 is 2.52 bits per heavy atom. The molecule has 0 bridgehead atoms. The van der Waals surface area contributed by atoms with Gasteiger partial charge in [-0.1, -0.05) is 52.7 Å². The highest BCUT2D eigenvalue weighted by molar-refractivity contribution is 14.1. The molecule has 0 aliphatic carbocycles. The molecule has 112 valence electrons. The van der Waals surface area contributed by atoms with Gasteiger partial charge in [0.25, 0.3) is 0 Å². The van der Waals surface area contributed by atoms with Gasteiger partial charge in [0.1, 0.15) is 0 Å². The summed E-state index contributed by atoms with van der Waals surface area (Å²) in [6.07, 6.45) is 2.08. The zero-order chi connectivity index (χ0) is 15.2. The SMILES string of the molecule is CCCNC(Cc1ccc(Br)cc1)c1ccc(I)c(Cl)c1. The van der Waals surface area contributed by atoms with Crippen LogP contribution in [0.25, 0.3) is 0 Å². The smallest absolute Gasteiger partial charge is 0.0542 e. The molecular formula is C17H18BrClIN. The molecule has 0 radical (unpaired) electrons. The number of hydrogen-bond acceptors (Lipinski definition) is 1. The molecule has 21 heavy (non-hydrogen) atoms. The minimum Gasteiger partial charge on any atom is -0.310 e. The largest absolute Gasteiger partial charge is 0.310 e. The third-order valence-corrected chi connectivity index (χ3v) is 5.44. The fraction of sp³-hybridized carbons (Fsp3) is 0.294. The van der Waals surface area contributed by atoms with Gasteiger partial charge < -0.3 is 5.32 Å². The fourth-order valence-corrected chi connectivity index (χ4v) is 3.00. The summed E-state index contributed by atoms with van der Waals surface area (Å²) in [6.45, 7) is 3.19. The maximum Gasteiger partial charge on any atom is 0.0542 e. The zero-order valence-electron chi connectivity index (χ0n) is 11.9. The summed E-state index contributed by atoms with van der Waals surface area (Å²) in [7, 11) is 0. The number of rotatable bonds is 6. The summed E-state index contributed by atoms with van der Waals surface area (Å²) in [5.41, 5.74) is 2.57. The Hall–Kier alpha value is -0.100. The Morgan fingerprint density at radius 1 is 1.19 bits per heavy atom. The average molecular weight is 479 g/mol.